The van der Waals surface area contributed by atoms with Crippen LogP contribution in [0.1, 0.15) is 58.8 Å². The first-order chi connectivity index (χ1) is 16.0. The lowest BCUT2D eigenvalue weighted by Crippen LogP contribution is -2.31. The number of rotatable bonds is 7. The van der Waals surface area contributed by atoms with Gasteiger partial charge in [0.25, 0.3) is 5.91 Å². The Kier molecular flexibility index (Phi) is 6.74. The number of aromatic nitrogens is 1. The van der Waals surface area contributed by atoms with E-state index in [2.05, 4.69) is 61.4 Å². The van der Waals surface area contributed by atoms with Gasteiger partial charge < -0.3 is 10.6 Å². The van der Waals surface area contributed by atoms with E-state index in [1.807, 2.05) is 30.3 Å². The number of amides is 1. The summed E-state index contributed by atoms with van der Waals surface area (Å²) in [5.41, 5.74) is 12.2. The topological polar surface area (TPSA) is 59.2 Å². The summed E-state index contributed by atoms with van der Waals surface area (Å²) in [6.07, 6.45) is 3.78. The molecule has 1 amide bonds. The standard InChI is InChI=1S/C29H31N3O/c1-4-20(2)32-18-16-24(17-19-32)27-15-14-26(29(30)33)28(31-27)25-12-10-23(11-13-25)21(3)22-8-6-5-7-9-22/h4-15,21,24H,1-2,16-19H2,3H3,(H2,30,33). The van der Waals surface area contributed by atoms with Gasteiger partial charge in [0.15, 0.2) is 0 Å². The Labute approximate surface area is 196 Å². The lowest BCUT2D eigenvalue weighted by atomic mass is 9.90. The lowest BCUT2D eigenvalue weighted by molar-refractivity contribution is 0.100. The van der Waals surface area contributed by atoms with Gasteiger partial charge in [-0.05, 0) is 42.2 Å². The van der Waals surface area contributed by atoms with Crippen molar-refractivity contribution in [3.8, 4) is 11.3 Å². The maximum atomic E-state index is 12.2. The van der Waals surface area contributed by atoms with Gasteiger partial charge in [0.1, 0.15) is 0 Å². The highest BCUT2D eigenvalue weighted by molar-refractivity contribution is 5.98. The lowest BCUT2D eigenvalue weighted by Gasteiger charge is -2.33. The Morgan fingerprint density at radius 3 is 2.27 bits per heavy atom. The van der Waals surface area contributed by atoms with Crippen LogP contribution < -0.4 is 5.73 Å². The first kappa shape index (κ1) is 22.5. The number of nitrogens with zero attached hydrogens (tertiary/aromatic N) is 2. The van der Waals surface area contributed by atoms with Crippen molar-refractivity contribution in [2.45, 2.75) is 31.6 Å². The van der Waals surface area contributed by atoms with Gasteiger partial charge in [-0.2, -0.15) is 0 Å². The fraction of sp³-hybridized carbons (Fsp3) is 0.241. The third-order valence-electron chi connectivity index (χ3n) is 6.72. The Bertz CT molecular complexity index is 1140. The predicted molar refractivity (Wildman–Crippen MR) is 135 cm³/mol. The van der Waals surface area contributed by atoms with Crippen LogP contribution in [0.3, 0.4) is 0 Å². The summed E-state index contributed by atoms with van der Waals surface area (Å²) in [6, 6.07) is 22.6. The van der Waals surface area contributed by atoms with Gasteiger partial charge in [0, 0.05) is 41.9 Å². The van der Waals surface area contributed by atoms with Crippen LogP contribution in [0, 0.1) is 0 Å². The summed E-state index contributed by atoms with van der Waals surface area (Å²) in [7, 11) is 0. The molecule has 1 atom stereocenters. The number of hydrogen-bond donors (Lipinski definition) is 1. The van der Waals surface area contributed by atoms with Crippen LogP contribution in [0.5, 0.6) is 0 Å². The number of benzene rings is 2. The number of piperidine rings is 1. The van der Waals surface area contributed by atoms with E-state index in [-0.39, 0.29) is 5.92 Å². The van der Waals surface area contributed by atoms with Crippen molar-refractivity contribution in [1.29, 1.82) is 0 Å². The third kappa shape index (κ3) is 4.90. The van der Waals surface area contributed by atoms with Crippen molar-refractivity contribution in [3.63, 3.8) is 0 Å². The van der Waals surface area contributed by atoms with Crippen LogP contribution >= 0.6 is 0 Å². The Balaban J connectivity index is 1.59. The molecule has 3 aromatic rings. The largest absolute Gasteiger partial charge is 0.372 e. The maximum Gasteiger partial charge on any atom is 0.250 e. The fourth-order valence-electron chi connectivity index (χ4n) is 4.58. The highest BCUT2D eigenvalue weighted by atomic mass is 16.1. The van der Waals surface area contributed by atoms with Crippen molar-refractivity contribution in [2.24, 2.45) is 5.73 Å². The van der Waals surface area contributed by atoms with Crippen molar-refractivity contribution >= 4 is 5.91 Å². The van der Waals surface area contributed by atoms with E-state index in [0.29, 0.717) is 17.2 Å². The van der Waals surface area contributed by atoms with E-state index in [4.69, 9.17) is 10.7 Å². The molecule has 1 saturated heterocycles. The zero-order chi connectivity index (χ0) is 23.4. The molecule has 4 rings (SSSR count). The molecule has 0 aliphatic carbocycles. The summed E-state index contributed by atoms with van der Waals surface area (Å²) >= 11 is 0. The molecular formula is C29H31N3O. The number of carbonyl (C=O) groups excluding carboxylic acids is 1. The monoisotopic (exact) mass is 437 g/mol. The van der Waals surface area contributed by atoms with Crippen LogP contribution in [0.2, 0.25) is 0 Å². The molecule has 1 aromatic heterocycles. The SMILES string of the molecule is C=CC(=C)N1CCC(c2ccc(C(N)=O)c(-c3ccc(C(C)c4ccccc4)cc3)n2)CC1. The number of pyridine rings is 1. The molecule has 0 bridgehead atoms. The average molecular weight is 438 g/mol. The minimum Gasteiger partial charge on any atom is -0.372 e. The highest BCUT2D eigenvalue weighted by Gasteiger charge is 2.23. The molecule has 1 aliphatic rings. The van der Waals surface area contributed by atoms with Crippen molar-refractivity contribution in [2.75, 3.05) is 13.1 Å². The second-order valence-corrected chi connectivity index (χ2v) is 8.71. The number of hydrogen-bond acceptors (Lipinski definition) is 3. The molecular weight excluding hydrogens is 406 g/mol. The van der Waals surface area contributed by atoms with Gasteiger partial charge in [-0.1, -0.05) is 74.7 Å². The van der Waals surface area contributed by atoms with Crippen LogP contribution in [-0.2, 0) is 0 Å². The average Bonchev–Trinajstić information content (AvgIpc) is 2.88. The van der Waals surface area contributed by atoms with Crippen LogP contribution in [-0.4, -0.2) is 28.9 Å². The maximum absolute atomic E-state index is 12.2. The van der Waals surface area contributed by atoms with Gasteiger partial charge in [-0.3, -0.25) is 9.78 Å². The van der Waals surface area contributed by atoms with E-state index >= 15 is 0 Å². The Morgan fingerprint density at radius 1 is 1.03 bits per heavy atom. The molecule has 2 heterocycles. The van der Waals surface area contributed by atoms with Gasteiger partial charge in [-0.15, -0.1) is 0 Å². The third-order valence-corrected chi connectivity index (χ3v) is 6.72. The predicted octanol–water partition coefficient (Wildman–Crippen LogP) is 5.88. The van der Waals surface area contributed by atoms with E-state index in [9.17, 15) is 4.79 Å². The van der Waals surface area contributed by atoms with Crippen molar-refractivity contribution in [1.82, 2.24) is 9.88 Å². The first-order valence-electron chi connectivity index (χ1n) is 11.5. The molecule has 2 N–H and O–H groups in total. The quantitative estimate of drug-likeness (QED) is 0.470. The van der Waals surface area contributed by atoms with Crippen LogP contribution in [0.4, 0.5) is 0 Å². The van der Waals surface area contributed by atoms with E-state index in [1.54, 1.807) is 6.08 Å². The molecule has 0 saturated carbocycles. The zero-order valence-electron chi connectivity index (χ0n) is 19.2. The van der Waals surface area contributed by atoms with Gasteiger partial charge >= 0.3 is 0 Å². The summed E-state index contributed by atoms with van der Waals surface area (Å²) in [5.74, 6) is 0.172. The van der Waals surface area contributed by atoms with Crippen molar-refractivity contribution < 1.29 is 4.79 Å². The van der Waals surface area contributed by atoms with E-state index in [0.717, 1.165) is 42.9 Å². The summed E-state index contributed by atoms with van der Waals surface area (Å²) in [5, 5.41) is 0. The minimum atomic E-state index is -0.456. The molecule has 4 nitrogen and oxygen atoms in total. The normalized spacial score (nSPS) is 15.1. The number of likely N-dealkylation sites (tertiary alicyclic amines) is 1. The van der Waals surface area contributed by atoms with Crippen molar-refractivity contribution in [3.05, 3.63) is 114 Å². The number of allylic oxidation sites excluding steroid dienone is 1. The molecule has 168 valence electrons. The molecule has 2 aromatic carbocycles. The molecule has 4 heteroatoms. The van der Waals surface area contributed by atoms with Crippen LogP contribution in [0.25, 0.3) is 11.3 Å². The molecule has 1 unspecified atom stereocenters. The van der Waals surface area contributed by atoms with Gasteiger partial charge in [-0.25, -0.2) is 0 Å². The summed E-state index contributed by atoms with van der Waals surface area (Å²) in [6.45, 7) is 11.9. The fourth-order valence-corrected chi connectivity index (χ4v) is 4.58. The summed E-state index contributed by atoms with van der Waals surface area (Å²) < 4.78 is 0. The Hall–Kier alpha value is -3.66. The van der Waals surface area contributed by atoms with E-state index in [1.165, 1.54) is 11.1 Å². The van der Waals surface area contributed by atoms with Gasteiger partial charge in [0.05, 0.1) is 11.3 Å². The molecule has 0 spiro atoms. The first-order valence-corrected chi connectivity index (χ1v) is 11.5. The summed E-state index contributed by atoms with van der Waals surface area (Å²) in [4.78, 5) is 19.4. The van der Waals surface area contributed by atoms with Gasteiger partial charge in [0.2, 0.25) is 0 Å². The smallest absolute Gasteiger partial charge is 0.250 e. The minimum absolute atomic E-state index is 0.283. The van der Waals surface area contributed by atoms with Crippen LogP contribution in [0.15, 0.2) is 91.7 Å². The molecule has 1 aliphatic heterocycles. The number of nitrogens with two attached hydrogens (primary N) is 1. The molecule has 33 heavy (non-hydrogen) atoms. The second kappa shape index (κ2) is 9.86. The number of carbonyl (C=O) groups is 1. The molecule has 0 radical (unpaired) electrons. The second-order valence-electron chi connectivity index (χ2n) is 8.71. The highest BCUT2D eigenvalue weighted by Crippen LogP contribution is 2.32. The zero-order valence-corrected chi connectivity index (χ0v) is 19.2. The Morgan fingerprint density at radius 2 is 1.67 bits per heavy atom. The number of primary amides is 1. The van der Waals surface area contributed by atoms with E-state index < -0.39 is 5.91 Å². The molecule has 1 fully saturated rings.